The van der Waals surface area contributed by atoms with Crippen LogP contribution in [0.25, 0.3) is 0 Å². The molecule has 0 amide bonds. The maximum absolute atomic E-state index is 5.63. The van der Waals surface area contributed by atoms with Crippen LogP contribution in [0.3, 0.4) is 0 Å². The summed E-state index contributed by atoms with van der Waals surface area (Å²) in [5.41, 5.74) is 3.36. The number of nitrogens with two attached hydrogens (primary N) is 1. The first-order chi connectivity index (χ1) is 8.24. The summed E-state index contributed by atoms with van der Waals surface area (Å²) >= 11 is 0. The summed E-state index contributed by atoms with van der Waals surface area (Å²) < 4.78 is 7.29. The molecule has 2 aromatic rings. The fourth-order valence-corrected chi connectivity index (χ4v) is 1.49. The largest absolute Gasteiger partial charge is 0.435 e. The SMILES string of the molecule is CCc1c(NN)ncnc1Oc1cnn(C)c1. The lowest BCUT2D eigenvalue weighted by Crippen LogP contribution is -2.12. The molecule has 0 fully saturated rings. The molecule has 7 heteroatoms. The maximum atomic E-state index is 5.63. The number of hydrogen-bond acceptors (Lipinski definition) is 6. The lowest BCUT2D eigenvalue weighted by atomic mass is 10.2. The number of nitrogens with zero attached hydrogens (tertiary/aromatic N) is 4. The van der Waals surface area contributed by atoms with E-state index in [1.807, 2.05) is 14.0 Å². The van der Waals surface area contributed by atoms with Crippen molar-refractivity contribution >= 4 is 5.82 Å². The number of aromatic nitrogens is 4. The molecule has 0 aromatic carbocycles. The third-order valence-electron chi connectivity index (χ3n) is 2.29. The second kappa shape index (κ2) is 4.79. The molecule has 2 aromatic heterocycles. The molecule has 2 heterocycles. The molecule has 7 nitrogen and oxygen atoms in total. The highest BCUT2D eigenvalue weighted by Crippen LogP contribution is 2.26. The van der Waals surface area contributed by atoms with Crippen molar-refractivity contribution in [2.45, 2.75) is 13.3 Å². The number of anilines is 1. The number of aryl methyl sites for hydroxylation is 1. The van der Waals surface area contributed by atoms with Gasteiger partial charge < -0.3 is 10.2 Å². The van der Waals surface area contributed by atoms with E-state index in [4.69, 9.17) is 10.6 Å². The molecule has 0 unspecified atom stereocenters. The van der Waals surface area contributed by atoms with E-state index < -0.39 is 0 Å². The summed E-state index contributed by atoms with van der Waals surface area (Å²) in [6, 6.07) is 0. The zero-order valence-electron chi connectivity index (χ0n) is 9.71. The van der Waals surface area contributed by atoms with Crippen molar-refractivity contribution in [3.05, 3.63) is 24.3 Å². The normalized spacial score (nSPS) is 10.3. The molecule has 0 aliphatic heterocycles. The van der Waals surface area contributed by atoms with Crippen molar-refractivity contribution in [1.29, 1.82) is 0 Å². The Morgan fingerprint density at radius 3 is 2.88 bits per heavy atom. The summed E-state index contributed by atoms with van der Waals surface area (Å²) in [5.74, 6) is 7.07. The van der Waals surface area contributed by atoms with Crippen LogP contribution < -0.4 is 16.0 Å². The van der Waals surface area contributed by atoms with Crippen LogP contribution in [-0.2, 0) is 13.5 Å². The molecule has 0 aliphatic rings. The van der Waals surface area contributed by atoms with Gasteiger partial charge in [0.25, 0.3) is 0 Å². The minimum absolute atomic E-state index is 0.489. The van der Waals surface area contributed by atoms with Gasteiger partial charge in [-0.05, 0) is 6.42 Å². The van der Waals surface area contributed by atoms with Gasteiger partial charge in [-0.3, -0.25) is 4.68 Å². The van der Waals surface area contributed by atoms with Crippen molar-refractivity contribution < 1.29 is 4.74 Å². The van der Waals surface area contributed by atoms with Crippen molar-refractivity contribution in [2.24, 2.45) is 12.9 Å². The smallest absolute Gasteiger partial charge is 0.227 e. The molecule has 90 valence electrons. The Morgan fingerprint density at radius 2 is 2.29 bits per heavy atom. The van der Waals surface area contributed by atoms with E-state index in [1.165, 1.54) is 6.33 Å². The van der Waals surface area contributed by atoms with Gasteiger partial charge in [0.1, 0.15) is 12.1 Å². The summed E-state index contributed by atoms with van der Waals surface area (Å²) in [4.78, 5) is 8.12. The second-order valence-corrected chi connectivity index (χ2v) is 3.46. The predicted molar refractivity (Wildman–Crippen MR) is 62.5 cm³/mol. The highest BCUT2D eigenvalue weighted by Gasteiger charge is 2.11. The summed E-state index contributed by atoms with van der Waals surface area (Å²) in [7, 11) is 1.82. The van der Waals surface area contributed by atoms with Crippen molar-refractivity contribution in [3.8, 4) is 11.6 Å². The number of ether oxygens (including phenoxy) is 1. The van der Waals surface area contributed by atoms with Gasteiger partial charge in [-0.1, -0.05) is 6.92 Å². The van der Waals surface area contributed by atoms with Crippen LogP contribution in [0, 0.1) is 0 Å². The van der Waals surface area contributed by atoms with Gasteiger partial charge in [-0.25, -0.2) is 15.8 Å². The van der Waals surface area contributed by atoms with Crippen molar-refractivity contribution in [3.63, 3.8) is 0 Å². The number of nitrogens with one attached hydrogen (secondary N) is 1. The van der Waals surface area contributed by atoms with Crippen LogP contribution in [0.5, 0.6) is 11.6 Å². The summed E-state index contributed by atoms with van der Waals surface area (Å²) in [6.45, 7) is 1.98. The Labute approximate surface area is 98.6 Å². The highest BCUT2D eigenvalue weighted by molar-refractivity contribution is 5.48. The summed E-state index contributed by atoms with van der Waals surface area (Å²) in [6.07, 6.45) is 5.50. The lowest BCUT2D eigenvalue weighted by molar-refractivity contribution is 0.455. The monoisotopic (exact) mass is 234 g/mol. The van der Waals surface area contributed by atoms with Crippen LogP contribution in [0.1, 0.15) is 12.5 Å². The molecular weight excluding hydrogens is 220 g/mol. The number of nitrogen functional groups attached to an aromatic ring is 1. The first-order valence-electron chi connectivity index (χ1n) is 5.21. The zero-order chi connectivity index (χ0) is 12.3. The van der Waals surface area contributed by atoms with E-state index in [9.17, 15) is 0 Å². The standard InChI is InChI=1S/C10H14N6O/c1-3-8-9(15-11)12-6-13-10(8)17-7-4-14-16(2)5-7/h4-6H,3,11H2,1-2H3,(H,12,13,15). The van der Waals surface area contributed by atoms with Crippen molar-refractivity contribution in [2.75, 3.05) is 5.43 Å². The van der Waals surface area contributed by atoms with Gasteiger partial charge in [0, 0.05) is 7.05 Å². The van der Waals surface area contributed by atoms with E-state index >= 15 is 0 Å². The molecule has 0 radical (unpaired) electrons. The minimum atomic E-state index is 0.489. The molecule has 17 heavy (non-hydrogen) atoms. The van der Waals surface area contributed by atoms with E-state index in [2.05, 4.69) is 20.5 Å². The molecule has 2 rings (SSSR count). The zero-order valence-corrected chi connectivity index (χ0v) is 9.71. The van der Waals surface area contributed by atoms with Crippen LogP contribution in [0.4, 0.5) is 5.82 Å². The Hall–Kier alpha value is -2.15. The number of rotatable bonds is 4. The van der Waals surface area contributed by atoms with Crippen LogP contribution in [0.2, 0.25) is 0 Å². The lowest BCUT2D eigenvalue weighted by Gasteiger charge is -2.10. The first kappa shape index (κ1) is 11.3. The Bertz CT molecular complexity index is 509. The van der Waals surface area contributed by atoms with E-state index in [1.54, 1.807) is 17.1 Å². The van der Waals surface area contributed by atoms with Crippen LogP contribution in [-0.4, -0.2) is 19.7 Å². The topological polar surface area (TPSA) is 90.9 Å². The minimum Gasteiger partial charge on any atom is -0.435 e. The molecule has 0 saturated heterocycles. The van der Waals surface area contributed by atoms with Crippen molar-refractivity contribution in [1.82, 2.24) is 19.7 Å². The quantitative estimate of drug-likeness (QED) is 0.602. The fraction of sp³-hybridized carbons (Fsp3) is 0.300. The Morgan fingerprint density at radius 1 is 1.47 bits per heavy atom. The van der Waals surface area contributed by atoms with E-state index in [0.717, 1.165) is 12.0 Å². The molecule has 0 bridgehead atoms. The molecule has 3 N–H and O–H groups in total. The van der Waals surface area contributed by atoms with Gasteiger partial charge in [0.2, 0.25) is 5.88 Å². The molecule has 0 atom stereocenters. The summed E-state index contributed by atoms with van der Waals surface area (Å²) in [5, 5.41) is 4.02. The van der Waals surface area contributed by atoms with Crippen LogP contribution in [0.15, 0.2) is 18.7 Å². The maximum Gasteiger partial charge on any atom is 0.227 e. The third kappa shape index (κ3) is 2.34. The van der Waals surface area contributed by atoms with Gasteiger partial charge in [0.15, 0.2) is 5.75 Å². The average Bonchev–Trinajstić information content (AvgIpc) is 2.74. The Kier molecular flexibility index (Phi) is 3.20. The van der Waals surface area contributed by atoms with Gasteiger partial charge in [-0.15, -0.1) is 0 Å². The predicted octanol–water partition coefficient (Wildman–Crippen LogP) is 0.850. The molecule has 0 saturated carbocycles. The van der Waals surface area contributed by atoms with Crippen LogP contribution >= 0.6 is 0 Å². The second-order valence-electron chi connectivity index (χ2n) is 3.46. The molecule has 0 spiro atoms. The van der Waals surface area contributed by atoms with Gasteiger partial charge in [-0.2, -0.15) is 5.10 Å². The highest BCUT2D eigenvalue weighted by atomic mass is 16.5. The first-order valence-corrected chi connectivity index (χ1v) is 5.21. The molecular formula is C10H14N6O. The van der Waals surface area contributed by atoms with Gasteiger partial charge >= 0.3 is 0 Å². The molecule has 0 aliphatic carbocycles. The van der Waals surface area contributed by atoms with E-state index in [0.29, 0.717) is 17.4 Å². The van der Waals surface area contributed by atoms with Gasteiger partial charge in [0.05, 0.1) is 18.0 Å². The number of hydrazine groups is 1. The average molecular weight is 234 g/mol. The fourth-order valence-electron chi connectivity index (χ4n) is 1.49. The Balaban J connectivity index is 2.32. The third-order valence-corrected chi connectivity index (χ3v) is 2.29. The van der Waals surface area contributed by atoms with E-state index in [-0.39, 0.29) is 0 Å². The number of hydrogen-bond donors (Lipinski definition) is 2.